The predicted octanol–water partition coefficient (Wildman–Crippen LogP) is 5.27. The van der Waals surface area contributed by atoms with Crippen molar-refractivity contribution >= 4 is 11.8 Å². The molecule has 0 aliphatic heterocycles. The molecule has 0 saturated heterocycles. The summed E-state index contributed by atoms with van der Waals surface area (Å²) in [5, 5.41) is 4.48. The number of imidazole rings is 1. The van der Waals surface area contributed by atoms with Crippen molar-refractivity contribution in [3.8, 4) is 0 Å². The van der Waals surface area contributed by atoms with E-state index < -0.39 is 0 Å². The van der Waals surface area contributed by atoms with Gasteiger partial charge in [0.2, 0.25) is 0 Å². The lowest BCUT2D eigenvalue weighted by Crippen LogP contribution is -2.06. The molecule has 2 heterocycles. The van der Waals surface area contributed by atoms with Gasteiger partial charge in [-0.1, -0.05) is 37.7 Å². The Kier molecular flexibility index (Phi) is 5.78. The first kappa shape index (κ1) is 18.3. The molecule has 3 aromatic rings. The van der Waals surface area contributed by atoms with Gasteiger partial charge in [0, 0.05) is 17.3 Å². The van der Waals surface area contributed by atoms with E-state index in [0.29, 0.717) is 6.54 Å². The Morgan fingerprint density at radius 2 is 2.12 bits per heavy atom. The summed E-state index contributed by atoms with van der Waals surface area (Å²) in [6.07, 6.45) is 3.55. The molecular formula is C19H20FN5S. The normalized spacial score (nSPS) is 11.1. The molecule has 0 unspecified atom stereocenters. The van der Waals surface area contributed by atoms with Gasteiger partial charge in [-0.25, -0.2) is 14.9 Å². The van der Waals surface area contributed by atoms with E-state index in [1.165, 1.54) is 23.9 Å². The largest absolute Gasteiger partial charge is 0.317 e. The number of aromatic nitrogens is 3. The van der Waals surface area contributed by atoms with E-state index in [9.17, 15) is 4.39 Å². The molecule has 7 heteroatoms. The van der Waals surface area contributed by atoms with Crippen LogP contribution < -0.4 is 0 Å². The molecule has 1 N–H and O–H groups in total. The number of hydrogen-bond acceptors (Lipinski definition) is 5. The zero-order chi connectivity index (χ0) is 18.5. The summed E-state index contributed by atoms with van der Waals surface area (Å²) in [5.41, 5.74) is 9.22. The van der Waals surface area contributed by atoms with Crippen molar-refractivity contribution in [1.29, 1.82) is 5.53 Å². The molecule has 1 aromatic carbocycles. The van der Waals surface area contributed by atoms with Crippen LogP contribution in [-0.4, -0.2) is 14.5 Å². The topological polar surface area (TPSA) is 66.9 Å². The third-order valence-corrected chi connectivity index (χ3v) is 4.98. The average Bonchev–Trinajstić information content (AvgIpc) is 2.94. The third kappa shape index (κ3) is 4.16. The molecule has 0 fully saturated rings. The molecule has 134 valence electrons. The minimum absolute atomic E-state index is 0.200. The summed E-state index contributed by atoms with van der Waals surface area (Å²) >= 11 is 1.49. The van der Waals surface area contributed by atoms with Crippen molar-refractivity contribution in [1.82, 2.24) is 14.5 Å². The zero-order valence-electron chi connectivity index (χ0n) is 14.7. The van der Waals surface area contributed by atoms with Crippen molar-refractivity contribution in [2.75, 3.05) is 0 Å². The van der Waals surface area contributed by atoms with Crippen LogP contribution in [0.4, 0.5) is 4.39 Å². The Balaban J connectivity index is 2.07. The van der Waals surface area contributed by atoms with Crippen LogP contribution in [-0.2, 0) is 13.1 Å². The second-order valence-corrected chi connectivity index (χ2v) is 7.26. The Morgan fingerprint density at radius 1 is 1.27 bits per heavy atom. The maximum Gasteiger partial charge on any atom is 0.133 e. The fourth-order valence-corrected chi connectivity index (χ4v) is 3.86. The highest BCUT2D eigenvalue weighted by atomic mass is 32.2. The highest BCUT2D eigenvalue weighted by molar-refractivity contribution is 7.99. The van der Waals surface area contributed by atoms with Crippen molar-refractivity contribution in [3.05, 3.63) is 71.7 Å². The SMILES string of the molecule is CC(C)c1nc(CN=N)n(Cc2cccnc2)c1Sc1cccc(F)c1. The van der Waals surface area contributed by atoms with Gasteiger partial charge < -0.3 is 4.57 Å². The summed E-state index contributed by atoms with van der Waals surface area (Å²) in [6.45, 7) is 4.95. The molecule has 0 amide bonds. The quantitative estimate of drug-likeness (QED) is 0.577. The third-order valence-electron chi connectivity index (χ3n) is 3.87. The number of nitrogens with one attached hydrogen (secondary N) is 1. The summed E-state index contributed by atoms with van der Waals surface area (Å²) in [4.78, 5) is 9.71. The van der Waals surface area contributed by atoms with Crippen molar-refractivity contribution in [2.45, 2.75) is 42.8 Å². The van der Waals surface area contributed by atoms with E-state index in [4.69, 9.17) is 10.5 Å². The number of pyridine rings is 1. The monoisotopic (exact) mass is 369 g/mol. The van der Waals surface area contributed by atoms with Gasteiger partial charge >= 0.3 is 0 Å². The van der Waals surface area contributed by atoms with Crippen molar-refractivity contribution in [2.24, 2.45) is 5.11 Å². The number of rotatable bonds is 7. The van der Waals surface area contributed by atoms with Gasteiger partial charge in [-0.2, -0.15) is 5.11 Å². The van der Waals surface area contributed by atoms with E-state index >= 15 is 0 Å². The Hall–Kier alpha value is -2.54. The highest BCUT2D eigenvalue weighted by Gasteiger charge is 2.20. The number of halogens is 1. The number of hydrogen-bond donors (Lipinski definition) is 1. The fourth-order valence-electron chi connectivity index (χ4n) is 2.66. The predicted molar refractivity (Wildman–Crippen MR) is 99.0 cm³/mol. The molecule has 0 saturated carbocycles. The Morgan fingerprint density at radius 3 is 2.77 bits per heavy atom. The van der Waals surface area contributed by atoms with Crippen molar-refractivity contribution < 1.29 is 4.39 Å². The van der Waals surface area contributed by atoms with Gasteiger partial charge in [0.25, 0.3) is 0 Å². The van der Waals surface area contributed by atoms with Gasteiger partial charge in [0.1, 0.15) is 23.2 Å². The number of nitrogens with zero attached hydrogens (tertiary/aromatic N) is 4. The molecule has 0 aliphatic rings. The summed E-state index contributed by atoms with van der Waals surface area (Å²) in [7, 11) is 0. The molecule has 0 bridgehead atoms. The van der Waals surface area contributed by atoms with Crippen molar-refractivity contribution in [3.63, 3.8) is 0 Å². The maximum absolute atomic E-state index is 13.6. The minimum Gasteiger partial charge on any atom is -0.317 e. The first-order valence-electron chi connectivity index (χ1n) is 8.33. The highest BCUT2D eigenvalue weighted by Crippen LogP contribution is 2.35. The standard InChI is InChI=1S/C19H20FN5S/c1-13(2)18-19(26-16-7-3-6-15(20)9-16)25(17(24-18)11-23-21)12-14-5-4-8-22-10-14/h3-10,13,21H,11-12H2,1-2H3. The minimum atomic E-state index is -0.263. The molecule has 26 heavy (non-hydrogen) atoms. The molecule has 0 atom stereocenters. The summed E-state index contributed by atoms with van der Waals surface area (Å²) < 4.78 is 15.7. The summed E-state index contributed by atoms with van der Waals surface area (Å²) in [6, 6.07) is 10.4. The van der Waals surface area contributed by atoms with E-state index in [1.807, 2.05) is 24.4 Å². The van der Waals surface area contributed by atoms with Crippen LogP contribution in [0.1, 0.15) is 36.8 Å². The molecule has 3 rings (SSSR count). The van der Waals surface area contributed by atoms with Crippen LogP contribution in [0.3, 0.4) is 0 Å². The Labute approximate surface area is 156 Å². The van der Waals surface area contributed by atoms with Crippen LogP contribution in [0.25, 0.3) is 0 Å². The molecule has 2 aromatic heterocycles. The van der Waals surface area contributed by atoms with E-state index in [1.54, 1.807) is 12.3 Å². The molecule has 0 aliphatic carbocycles. The second kappa shape index (κ2) is 8.23. The van der Waals surface area contributed by atoms with Gasteiger partial charge in [0.05, 0.1) is 12.2 Å². The second-order valence-electron chi connectivity index (χ2n) is 6.20. The first-order chi connectivity index (χ1) is 12.6. The van der Waals surface area contributed by atoms with Crippen LogP contribution in [0.5, 0.6) is 0 Å². The Bertz CT molecular complexity index is 892. The average molecular weight is 369 g/mol. The fraction of sp³-hybridized carbons (Fsp3) is 0.263. The number of benzene rings is 1. The van der Waals surface area contributed by atoms with Gasteiger partial charge in [-0.15, -0.1) is 0 Å². The smallest absolute Gasteiger partial charge is 0.133 e. The molecule has 0 radical (unpaired) electrons. The van der Waals surface area contributed by atoms with Gasteiger partial charge in [0.15, 0.2) is 0 Å². The molecule has 0 spiro atoms. The lowest BCUT2D eigenvalue weighted by molar-refractivity contribution is 0.624. The van der Waals surface area contributed by atoms with Crippen LogP contribution >= 0.6 is 11.8 Å². The lowest BCUT2D eigenvalue weighted by atomic mass is 10.1. The van der Waals surface area contributed by atoms with Crippen LogP contribution in [0.15, 0.2) is 63.8 Å². The lowest BCUT2D eigenvalue weighted by Gasteiger charge is -2.13. The summed E-state index contributed by atoms with van der Waals surface area (Å²) in [5.74, 6) is 0.665. The van der Waals surface area contributed by atoms with E-state index in [0.717, 1.165) is 27.0 Å². The maximum atomic E-state index is 13.6. The van der Waals surface area contributed by atoms with E-state index in [-0.39, 0.29) is 18.3 Å². The van der Waals surface area contributed by atoms with Gasteiger partial charge in [-0.3, -0.25) is 4.98 Å². The van der Waals surface area contributed by atoms with E-state index in [2.05, 4.69) is 28.5 Å². The molecule has 5 nitrogen and oxygen atoms in total. The van der Waals surface area contributed by atoms with Gasteiger partial charge in [-0.05, 0) is 35.7 Å². The first-order valence-corrected chi connectivity index (χ1v) is 9.15. The van der Waals surface area contributed by atoms with Crippen LogP contribution in [0, 0.1) is 11.3 Å². The van der Waals surface area contributed by atoms with Crippen LogP contribution in [0.2, 0.25) is 0 Å². The molecular weight excluding hydrogens is 349 g/mol. The zero-order valence-corrected chi connectivity index (χ0v) is 15.5.